The van der Waals surface area contributed by atoms with Crippen molar-refractivity contribution >= 4 is 17.2 Å². The molecule has 0 radical (unpaired) electrons. The highest BCUT2D eigenvalue weighted by Crippen LogP contribution is 2.22. The Morgan fingerprint density at radius 2 is 1.79 bits per heavy atom. The molecule has 1 aromatic carbocycles. The maximum Gasteiger partial charge on any atom is 0.224 e. The molecule has 0 aliphatic carbocycles. The number of aromatic nitrogens is 4. The van der Waals surface area contributed by atoms with Crippen LogP contribution in [0.2, 0.25) is 0 Å². The lowest BCUT2D eigenvalue weighted by Crippen LogP contribution is -2.19. The smallest absolute Gasteiger partial charge is 0.224 e. The fourth-order valence-electron chi connectivity index (χ4n) is 2.46. The predicted molar refractivity (Wildman–Crippen MR) is 93.7 cm³/mol. The number of fused-ring (bicyclic) bond motifs is 1. The third-order valence-electron chi connectivity index (χ3n) is 3.57. The summed E-state index contributed by atoms with van der Waals surface area (Å²) < 4.78 is 1.72. The Balaban J connectivity index is 1.78. The molecule has 124 valence electrons. The number of nitrogens with one attached hydrogen (secondary N) is 1. The first-order valence-corrected chi connectivity index (χ1v) is 7.91. The van der Waals surface area contributed by atoms with Crippen LogP contribution in [-0.4, -0.2) is 25.7 Å². The van der Waals surface area contributed by atoms with Crippen LogP contribution in [0.25, 0.3) is 16.9 Å². The minimum absolute atomic E-state index is 0.0231. The van der Waals surface area contributed by atoms with Gasteiger partial charge in [-0.25, -0.2) is 0 Å². The summed E-state index contributed by atoms with van der Waals surface area (Å²) in [7, 11) is 0. The molecule has 6 nitrogen and oxygen atoms in total. The van der Waals surface area contributed by atoms with Gasteiger partial charge in [-0.1, -0.05) is 32.9 Å². The summed E-state index contributed by atoms with van der Waals surface area (Å²) in [5, 5.41) is 15.5. The molecule has 1 amide bonds. The Hall–Kier alpha value is -2.76. The molecule has 0 saturated carbocycles. The fraction of sp³-hybridized carbons (Fsp3) is 0.333. The molecular formula is C18H21N5O. The van der Waals surface area contributed by atoms with Crippen LogP contribution in [0.3, 0.4) is 0 Å². The number of hydrogen-bond acceptors (Lipinski definition) is 4. The first-order chi connectivity index (χ1) is 11.3. The van der Waals surface area contributed by atoms with Gasteiger partial charge in [-0.15, -0.1) is 10.2 Å². The maximum absolute atomic E-state index is 12.0. The van der Waals surface area contributed by atoms with Gasteiger partial charge in [-0.05, 0) is 36.6 Å². The number of anilines is 1. The number of carbonyl (C=O) groups is 1. The second-order valence-corrected chi connectivity index (χ2v) is 7.10. The van der Waals surface area contributed by atoms with Gasteiger partial charge in [0, 0.05) is 17.7 Å². The first-order valence-electron chi connectivity index (χ1n) is 7.91. The van der Waals surface area contributed by atoms with E-state index in [0.29, 0.717) is 6.42 Å². The van der Waals surface area contributed by atoms with Crippen LogP contribution in [0.5, 0.6) is 0 Å². The lowest BCUT2D eigenvalue weighted by Gasteiger charge is -2.17. The number of hydrogen-bond donors (Lipinski definition) is 1. The summed E-state index contributed by atoms with van der Waals surface area (Å²) >= 11 is 0. The van der Waals surface area contributed by atoms with Crippen molar-refractivity contribution in [1.29, 1.82) is 0 Å². The molecule has 2 aromatic heterocycles. The summed E-state index contributed by atoms with van der Waals surface area (Å²) in [6, 6.07) is 11.5. The molecule has 0 bridgehead atoms. The highest BCUT2D eigenvalue weighted by Gasteiger charge is 2.16. The third-order valence-corrected chi connectivity index (χ3v) is 3.57. The van der Waals surface area contributed by atoms with Gasteiger partial charge in [0.15, 0.2) is 11.5 Å². The highest BCUT2D eigenvalue weighted by molar-refractivity contribution is 5.91. The van der Waals surface area contributed by atoms with Crippen LogP contribution in [-0.2, 0) is 4.79 Å². The summed E-state index contributed by atoms with van der Waals surface area (Å²) in [5.74, 6) is 0.771. The Morgan fingerprint density at radius 3 is 2.46 bits per heavy atom. The number of nitrogens with zero attached hydrogens (tertiary/aromatic N) is 4. The van der Waals surface area contributed by atoms with E-state index in [-0.39, 0.29) is 11.3 Å². The van der Waals surface area contributed by atoms with E-state index in [0.717, 1.165) is 28.4 Å². The monoisotopic (exact) mass is 323 g/mol. The van der Waals surface area contributed by atoms with E-state index in [2.05, 4.69) is 20.6 Å². The van der Waals surface area contributed by atoms with E-state index in [4.69, 9.17) is 0 Å². The molecule has 1 N–H and O–H groups in total. The molecule has 0 fully saturated rings. The first kappa shape index (κ1) is 16.1. The number of carbonyl (C=O) groups excluding carboxylic acids is 1. The summed E-state index contributed by atoms with van der Waals surface area (Å²) in [4.78, 5) is 12.0. The van der Waals surface area contributed by atoms with Crippen molar-refractivity contribution in [3.63, 3.8) is 0 Å². The van der Waals surface area contributed by atoms with Crippen LogP contribution in [0, 0.1) is 12.3 Å². The highest BCUT2D eigenvalue weighted by atomic mass is 16.1. The molecule has 0 spiro atoms. The standard InChI is InChI=1S/C18H21N5O/c1-12-20-21-16-10-9-15(22-23(12)16)13-5-7-14(8-6-13)19-17(24)11-18(2,3)4/h5-10H,11H2,1-4H3,(H,19,24). The molecule has 0 unspecified atom stereocenters. The number of amides is 1. The molecule has 0 atom stereocenters. The van der Waals surface area contributed by atoms with Crippen molar-refractivity contribution in [2.24, 2.45) is 5.41 Å². The molecule has 6 heteroatoms. The van der Waals surface area contributed by atoms with Crippen LogP contribution in [0.1, 0.15) is 33.0 Å². The van der Waals surface area contributed by atoms with E-state index in [1.54, 1.807) is 4.52 Å². The Morgan fingerprint density at radius 1 is 1.08 bits per heavy atom. The maximum atomic E-state index is 12.0. The van der Waals surface area contributed by atoms with E-state index in [1.165, 1.54) is 0 Å². The van der Waals surface area contributed by atoms with Crippen LogP contribution in [0.15, 0.2) is 36.4 Å². The van der Waals surface area contributed by atoms with Gasteiger partial charge in [0.25, 0.3) is 0 Å². The topological polar surface area (TPSA) is 72.2 Å². The minimum Gasteiger partial charge on any atom is -0.326 e. The fourth-order valence-corrected chi connectivity index (χ4v) is 2.46. The summed E-state index contributed by atoms with van der Waals surface area (Å²) in [6.45, 7) is 8.00. The van der Waals surface area contributed by atoms with Gasteiger partial charge in [-0.2, -0.15) is 9.61 Å². The van der Waals surface area contributed by atoms with Crippen molar-refractivity contribution in [2.75, 3.05) is 5.32 Å². The zero-order valence-corrected chi connectivity index (χ0v) is 14.4. The van der Waals surface area contributed by atoms with E-state index in [9.17, 15) is 4.79 Å². The lowest BCUT2D eigenvalue weighted by atomic mass is 9.92. The van der Waals surface area contributed by atoms with Crippen LogP contribution in [0.4, 0.5) is 5.69 Å². The van der Waals surface area contributed by atoms with Gasteiger partial charge in [0.05, 0.1) is 5.69 Å². The zero-order chi connectivity index (χ0) is 17.3. The molecule has 3 rings (SSSR count). The summed E-state index contributed by atoms with van der Waals surface area (Å²) in [5.41, 5.74) is 3.29. The van der Waals surface area contributed by atoms with Crippen molar-refractivity contribution in [1.82, 2.24) is 19.8 Å². The van der Waals surface area contributed by atoms with Gasteiger partial charge in [-0.3, -0.25) is 4.79 Å². The van der Waals surface area contributed by atoms with Gasteiger partial charge >= 0.3 is 0 Å². The quantitative estimate of drug-likeness (QED) is 0.801. The molecule has 2 heterocycles. The Bertz CT molecular complexity index is 875. The second kappa shape index (κ2) is 6.03. The normalized spacial score (nSPS) is 11.7. The van der Waals surface area contributed by atoms with Crippen molar-refractivity contribution in [2.45, 2.75) is 34.1 Å². The van der Waals surface area contributed by atoms with Crippen molar-refractivity contribution in [3.05, 3.63) is 42.2 Å². The number of rotatable bonds is 3. The molecule has 0 saturated heterocycles. The Labute approximate surface area is 140 Å². The molecule has 3 aromatic rings. The average Bonchev–Trinajstić information content (AvgIpc) is 2.87. The minimum atomic E-state index is -0.0277. The van der Waals surface area contributed by atoms with Crippen molar-refractivity contribution in [3.8, 4) is 11.3 Å². The number of benzene rings is 1. The lowest BCUT2D eigenvalue weighted by molar-refractivity contribution is -0.117. The van der Waals surface area contributed by atoms with E-state index >= 15 is 0 Å². The molecular weight excluding hydrogens is 302 g/mol. The third kappa shape index (κ3) is 3.59. The SMILES string of the molecule is Cc1nnc2ccc(-c3ccc(NC(=O)CC(C)(C)C)cc3)nn12. The Kier molecular flexibility index (Phi) is 4.05. The largest absolute Gasteiger partial charge is 0.326 e. The zero-order valence-electron chi connectivity index (χ0n) is 14.4. The molecule has 24 heavy (non-hydrogen) atoms. The van der Waals surface area contributed by atoms with Gasteiger partial charge < -0.3 is 5.32 Å². The van der Waals surface area contributed by atoms with Crippen LogP contribution < -0.4 is 5.32 Å². The van der Waals surface area contributed by atoms with E-state index in [1.807, 2.05) is 64.1 Å². The average molecular weight is 323 g/mol. The number of aryl methyl sites for hydroxylation is 1. The van der Waals surface area contributed by atoms with Gasteiger partial charge in [0.2, 0.25) is 5.91 Å². The van der Waals surface area contributed by atoms with Gasteiger partial charge in [0.1, 0.15) is 0 Å². The summed E-state index contributed by atoms with van der Waals surface area (Å²) in [6.07, 6.45) is 0.486. The second-order valence-electron chi connectivity index (χ2n) is 7.10. The molecule has 0 aliphatic rings. The van der Waals surface area contributed by atoms with Crippen LogP contribution >= 0.6 is 0 Å². The predicted octanol–water partition coefficient (Wildman–Crippen LogP) is 3.47. The van der Waals surface area contributed by atoms with E-state index < -0.39 is 0 Å². The van der Waals surface area contributed by atoms with Crippen molar-refractivity contribution < 1.29 is 4.79 Å². The molecule has 0 aliphatic heterocycles.